The van der Waals surface area contributed by atoms with Gasteiger partial charge in [-0.25, -0.2) is 6.26 Å². The SMILES string of the molecule is [CH2-]S(=O)Nc1ccc(C)cc1.[Li+].[Li]. The quantitative estimate of drug-likeness (QED) is 0.437. The van der Waals surface area contributed by atoms with Crippen molar-refractivity contribution in [3.8, 4) is 0 Å². The Kier molecular flexibility index (Phi) is 9.42. The third-order valence-corrected chi connectivity index (χ3v) is 1.75. The molecule has 0 fully saturated rings. The Morgan fingerprint density at radius 3 is 2.15 bits per heavy atom. The zero-order valence-corrected chi connectivity index (χ0v) is 9.15. The Balaban J connectivity index is 0. The summed E-state index contributed by atoms with van der Waals surface area (Å²) in [6.45, 7) is 2.00. The predicted octanol–water partition coefficient (Wildman–Crippen LogP) is -1.51. The molecule has 0 heterocycles. The van der Waals surface area contributed by atoms with Gasteiger partial charge in [-0.2, -0.15) is 0 Å². The van der Waals surface area contributed by atoms with Crippen LogP contribution >= 0.6 is 0 Å². The predicted molar refractivity (Wildman–Crippen MR) is 54.1 cm³/mol. The van der Waals surface area contributed by atoms with E-state index in [2.05, 4.69) is 11.0 Å². The van der Waals surface area contributed by atoms with Crippen LogP contribution in [0.2, 0.25) is 0 Å². The summed E-state index contributed by atoms with van der Waals surface area (Å²) in [4.78, 5) is 0. The second-order valence-corrected chi connectivity index (χ2v) is 3.21. The summed E-state index contributed by atoms with van der Waals surface area (Å²) >= 11 is 0. The topological polar surface area (TPSA) is 29.1 Å². The summed E-state index contributed by atoms with van der Waals surface area (Å²) in [6.07, 6.45) is 3.32. The Bertz CT molecular complexity index is 263. The van der Waals surface area contributed by atoms with E-state index < -0.39 is 11.0 Å². The van der Waals surface area contributed by atoms with E-state index in [0.29, 0.717) is 0 Å². The van der Waals surface area contributed by atoms with Gasteiger partial charge in [-0.15, -0.1) is 0 Å². The summed E-state index contributed by atoms with van der Waals surface area (Å²) < 4.78 is 13.3. The maximum absolute atomic E-state index is 10.6. The van der Waals surface area contributed by atoms with Crippen molar-refractivity contribution >= 4 is 35.5 Å². The first-order chi connectivity index (χ1) is 5.18. The van der Waals surface area contributed by atoms with Gasteiger partial charge >= 0.3 is 18.9 Å². The van der Waals surface area contributed by atoms with Crippen molar-refractivity contribution in [1.82, 2.24) is 0 Å². The van der Waals surface area contributed by atoms with E-state index in [1.807, 2.05) is 31.2 Å². The molecule has 1 aromatic carbocycles. The Labute approximate surface area is 106 Å². The minimum absolute atomic E-state index is 0. The molecule has 61 valence electrons. The fraction of sp³-hybridized carbons (Fsp3) is 0.125. The summed E-state index contributed by atoms with van der Waals surface area (Å²) in [6, 6.07) is 7.65. The molecule has 0 aliphatic carbocycles. The fourth-order valence-corrected chi connectivity index (χ4v) is 1.15. The van der Waals surface area contributed by atoms with Gasteiger partial charge in [-0.1, -0.05) is 17.7 Å². The summed E-state index contributed by atoms with van der Waals surface area (Å²) in [5.74, 6) is 0. The van der Waals surface area contributed by atoms with Gasteiger partial charge in [0.25, 0.3) is 0 Å². The first kappa shape index (κ1) is 15.8. The van der Waals surface area contributed by atoms with Crippen LogP contribution in [0, 0.1) is 13.2 Å². The van der Waals surface area contributed by atoms with Crippen LogP contribution in [-0.4, -0.2) is 23.1 Å². The summed E-state index contributed by atoms with van der Waals surface area (Å²) in [7, 11) is -1.22. The molecule has 0 aliphatic rings. The van der Waals surface area contributed by atoms with Crippen LogP contribution in [0.3, 0.4) is 0 Å². The second-order valence-electron chi connectivity index (χ2n) is 2.31. The van der Waals surface area contributed by atoms with Gasteiger partial charge in [0.05, 0.1) is 0 Å². The van der Waals surface area contributed by atoms with Gasteiger partial charge < -0.3 is 4.72 Å². The normalized spacial score (nSPS) is 10.6. The largest absolute Gasteiger partial charge is 1.00 e. The second kappa shape index (κ2) is 7.74. The molecule has 1 radical (unpaired) electrons. The average Bonchev–Trinajstić information content (AvgIpc) is 1.93. The van der Waals surface area contributed by atoms with Crippen LogP contribution in [0.25, 0.3) is 0 Å². The van der Waals surface area contributed by atoms with Gasteiger partial charge in [0.1, 0.15) is 0 Å². The van der Waals surface area contributed by atoms with Crippen molar-refractivity contribution in [3.05, 3.63) is 36.1 Å². The number of nitrogens with one attached hydrogen (secondary N) is 1. The molecular formula is C8H10Li2NOS. The molecule has 1 aromatic rings. The van der Waals surface area contributed by atoms with Gasteiger partial charge in [-0.05, 0) is 30.0 Å². The van der Waals surface area contributed by atoms with Crippen LogP contribution in [0.1, 0.15) is 5.56 Å². The standard InChI is InChI=1S/C8H10NOS.2Li/c1-7-3-5-8(6-4-7)9-11(2)10;;/h3-6,9H,2H2,1H3;;/q-1;;+1. The third-order valence-electron chi connectivity index (χ3n) is 1.28. The van der Waals surface area contributed by atoms with E-state index in [1.54, 1.807) is 0 Å². The maximum atomic E-state index is 10.6. The third kappa shape index (κ3) is 6.44. The van der Waals surface area contributed by atoms with Crippen molar-refractivity contribution in [2.75, 3.05) is 4.72 Å². The Morgan fingerprint density at radius 2 is 1.77 bits per heavy atom. The van der Waals surface area contributed by atoms with Crippen LogP contribution in [0.15, 0.2) is 24.3 Å². The molecule has 0 spiro atoms. The van der Waals surface area contributed by atoms with Gasteiger partial charge in [0.2, 0.25) is 0 Å². The van der Waals surface area contributed by atoms with E-state index in [-0.39, 0.29) is 37.7 Å². The molecule has 2 nitrogen and oxygen atoms in total. The van der Waals surface area contributed by atoms with Gasteiger partial charge in [-0.3, -0.25) is 4.21 Å². The van der Waals surface area contributed by atoms with Crippen molar-refractivity contribution in [2.24, 2.45) is 0 Å². The Hall–Kier alpha value is 0.365. The van der Waals surface area contributed by atoms with Gasteiger partial charge in [0.15, 0.2) is 0 Å². The van der Waals surface area contributed by atoms with Crippen LogP contribution in [-0.2, 0) is 11.0 Å². The van der Waals surface area contributed by atoms with Crippen LogP contribution < -0.4 is 23.6 Å². The molecule has 0 saturated heterocycles. The smallest absolute Gasteiger partial charge is 0.331 e. The molecule has 0 amide bonds. The molecule has 1 N–H and O–H groups in total. The van der Waals surface area contributed by atoms with Crippen molar-refractivity contribution in [2.45, 2.75) is 6.92 Å². The number of hydrogen-bond donors (Lipinski definition) is 1. The summed E-state index contributed by atoms with van der Waals surface area (Å²) in [5, 5.41) is 0. The summed E-state index contributed by atoms with van der Waals surface area (Å²) in [5.41, 5.74) is 2.02. The zero-order valence-electron chi connectivity index (χ0n) is 8.33. The molecule has 13 heavy (non-hydrogen) atoms. The van der Waals surface area contributed by atoms with E-state index in [0.717, 1.165) is 5.69 Å². The van der Waals surface area contributed by atoms with E-state index >= 15 is 0 Å². The molecule has 0 bridgehead atoms. The molecule has 0 aliphatic heterocycles. The molecule has 5 heteroatoms. The molecule has 0 aromatic heterocycles. The fourth-order valence-electron chi connectivity index (χ4n) is 0.753. The number of aryl methyl sites for hydroxylation is 1. The monoisotopic (exact) mass is 182 g/mol. The van der Waals surface area contributed by atoms with Crippen molar-refractivity contribution < 1.29 is 23.1 Å². The minimum Gasteiger partial charge on any atom is -0.331 e. The van der Waals surface area contributed by atoms with Gasteiger partial charge in [0, 0.05) is 24.5 Å². The molecule has 1 unspecified atom stereocenters. The average molecular weight is 182 g/mol. The molecular weight excluding hydrogens is 172 g/mol. The van der Waals surface area contributed by atoms with E-state index in [9.17, 15) is 4.21 Å². The van der Waals surface area contributed by atoms with Crippen molar-refractivity contribution in [1.29, 1.82) is 0 Å². The van der Waals surface area contributed by atoms with Crippen LogP contribution in [0.5, 0.6) is 0 Å². The molecule has 1 atom stereocenters. The first-order valence-corrected chi connectivity index (χ1v) is 4.55. The van der Waals surface area contributed by atoms with E-state index in [1.165, 1.54) is 5.56 Å². The van der Waals surface area contributed by atoms with E-state index in [4.69, 9.17) is 0 Å². The minimum atomic E-state index is -1.22. The number of hydrogen-bond acceptors (Lipinski definition) is 1. The zero-order chi connectivity index (χ0) is 8.27. The Morgan fingerprint density at radius 1 is 1.31 bits per heavy atom. The number of anilines is 1. The van der Waals surface area contributed by atoms with Crippen LogP contribution in [0.4, 0.5) is 5.69 Å². The molecule has 1 rings (SSSR count). The number of rotatable bonds is 2. The number of benzene rings is 1. The maximum Gasteiger partial charge on any atom is 1.00 e. The van der Waals surface area contributed by atoms with Crippen molar-refractivity contribution in [3.63, 3.8) is 0 Å². The first-order valence-electron chi connectivity index (χ1n) is 3.23. The molecule has 0 saturated carbocycles.